The Hall–Kier alpha value is -2.68. The molecule has 0 aliphatic heterocycles. The molecular formula is C17H12FNO. The SMILES string of the molecule is Oc1cccc2ccc(/C=C/c3ccccc3F)nc12. The van der Waals surface area contributed by atoms with E-state index in [-0.39, 0.29) is 11.6 Å². The van der Waals surface area contributed by atoms with E-state index in [1.165, 1.54) is 6.07 Å². The van der Waals surface area contributed by atoms with Gasteiger partial charge >= 0.3 is 0 Å². The lowest BCUT2D eigenvalue weighted by atomic mass is 10.1. The second-order valence-electron chi connectivity index (χ2n) is 4.44. The minimum Gasteiger partial charge on any atom is -0.506 e. The van der Waals surface area contributed by atoms with Gasteiger partial charge in [-0.3, -0.25) is 0 Å². The van der Waals surface area contributed by atoms with E-state index in [0.717, 1.165) is 5.39 Å². The van der Waals surface area contributed by atoms with Gasteiger partial charge in [0.2, 0.25) is 0 Å². The highest BCUT2D eigenvalue weighted by atomic mass is 19.1. The number of para-hydroxylation sites is 1. The molecule has 1 N–H and O–H groups in total. The average Bonchev–Trinajstić information content (AvgIpc) is 2.47. The van der Waals surface area contributed by atoms with Crippen LogP contribution in [0.1, 0.15) is 11.3 Å². The molecule has 0 radical (unpaired) electrons. The second-order valence-corrected chi connectivity index (χ2v) is 4.44. The molecule has 0 atom stereocenters. The first-order valence-corrected chi connectivity index (χ1v) is 6.25. The number of phenols is 1. The summed E-state index contributed by atoms with van der Waals surface area (Å²) in [6.45, 7) is 0. The minimum atomic E-state index is -0.271. The predicted molar refractivity (Wildman–Crippen MR) is 78.7 cm³/mol. The van der Waals surface area contributed by atoms with Crippen LogP contribution in [0.5, 0.6) is 5.75 Å². The van der Waals surface area contributed by atoms with Crippen LogP contribution < -0.4 is 0 Å². The molecular weight excluding hydrogens is 253 g/mol. The van der Waals surface area contributed by atoms with Gasteiger partial charge < -0.3 is 5.11 Å². The molecule has 98 valence electrons. The van der Waals surface area contributed by atoms with Gasteiger partial charge in [0.15, 0.2) is 0 Å². The number of fused-ring (bicyclic) bond motifs is 1. The van der Waals surface area contributed by atoms with Crippen LogP contribution in [0.15, 0.2) is 54.6 Å². The van der Waals surface area contributed by atoms with Crippen molar-refractivity contribution in [1.29, 1.82) is 0 Å². The van der Waals surface area contributed by atoms with E-state index in [2.05, 4.69) is 4.98 Å². The molecule has 0 bridgehead atoms. The fourth-order valence-corrected chi connectivity index (χ4v) is 2.02. The van der Waals surface area contributed by atoms with E-state index >= 15 is 0 Å². The third kappa shape index (κ3) is 2.38. The number of benzene rings is 2. The molecule has 0 amide bonds. The Labute approximate surface area is 115 Å². The molecule has 0 saturated carbocycles. The Morgan fingerprint density at radius 2 is 1.75 bits per heavy atom. The summed E-state index contributed by atoms with van der Waals surface area (Å²) >= 11 is 0. The second kappa shape index (κ2) is 5.13. The number of pyridine rings is 1. The minimum absolute atomic E-state index is 0.142. The van der Waals surface area contributed by atoms with Crippen molar-refractivity contribution < 1.29 is 9.50 Å². The third-order valence-electron chi connectivity index (χ3n) is 3.06. The van der Waals surface area contributed by atoms with Crippen LogP contribution >= 0.6 is 0 Å². The normalized spacial score (nSPS) is 11.2. The highest BCUT2D eigenvalue weighted by molar-refractivity contribution is 5.85. The fraction of sp³-hybridized carbons (Fsp3) is 0. The summed E-state index contributed by atoms with van der Waals surface area (Å²) in [5, 5.41) is 10.6. The Balaban J connectivity index is 1.99. The van der Waals surface area contributed by atoms with E-state index in [9.17, 15) is 9.50 Å². The molecule has 0 unspecified atom stereocenters. The van der Waals surface area contributed by atoms with Gasteiger partial charge in [0.05, 0.1) is 5.69 Å². The van der Waals surface area contributed by atoms with Gasteiger partial charge in [0.1, 0.15) is 17.1 Å². The molecule has 0 fully saturated rings. The number of phenolic OH excluding ortho intramolecular Hbond substituents is 1. The maximum Gasteiger partial charge on any atom is 0.141 e. The summed E-state index contributed by atoms with van der Waals surface area (Å²) in [6, 6.07) is 15.5. The van der Waals surface area contributed by atoms with Crippen LogP contribution in [0.3, 0.4) is 0 Å². The van der Waals surface area contributed by atoms with Crippen molar-refractivity contribution in [3.05, 3.63) is 71.7 Å². The van der Waals surface area contributed by atoms with Crippen molar-refractivity contribution >= 4 is 23.1 Å². The first kappa shape index (κ1) is 12.4. The number of halogens is 1. The lowest BCUT2D eigenvalue weighted by Gasteiger charge is -2.01. The van der Waals surface area contributed by atoms with Crippen molar-refractivity contribution in [1.82, 2.24) is 4.98 Å². The summed E-state index contributed by atoms with van der Waals surface area (Å²) < 4.78 is 13.5. The summed E-state index contributed by atoms with van der Waals surface area (Å²) in [5.74, 6) is -0.129. The van der Waals surface area contributed by atoms with Crippen molar-refractivity contribution in [3.8, 4) is 5.75 Å². The largest absolute Gasteiger partial charge is 0.506 e. The number of hydrogen-bond donors (Lipinski definition) is 1. The first-order valence-electron chi connectivity index (χ1n) is 6.25. The lowest BCUT2D eigenvalue weighted by molar-refractivity contribution is 0.480. The van der Waals surface area contributed by atoms with E-state index < -0.39 is 0 Å². The van der Waals surface area contributed by atoms with E-state index in [4.69, 9.17) is 0 Å². The molecule has 0 saturated heterocycles. The summed E-state index contributed by atoms with van der Waals surface area (Å²) in [4.78, 5) is 4.36. The molecule has 1 heterocycles. The zero-order chi connectivity index (χ0) is 13.9. The highest BCUT2D eigenvalue weighted by Crippen LogP contribution is 2.23. The van der Waals surface area contributed by atoms with Crippen molar-refractivity contribution in [2.75, 3.05) is 0 Å². The molecule has 0 aliphatic carbocycles. The Morgan fingerprint density at radius 3 is 2.60 bits per heavy atom. The molecule has 3 heteroatoms. The first-order chi connectivity index (χ1) is 9.74. The standard InChI is InChI=1S/C17H12FNO/c18-15-6-2-1-4-12(15)8-10-14-11-9-13-5-3-7-16(20)17(13)19-14/h1-11,20H/b10-8+. The van der Waals surface area contributed by atoms with Crippen LogP contribution in [0.25, 0.3) is 23.1 Å². The van der Waals surface area contributed by atoms with Gasteiger partial charge in [-0.1, -0.05) is 36.4 Å². The molecule has 20 heavy (non-hydrogen) atoms. The van der Waals surface area contributed by atoms with E-state index in [1.54, 1.807) is 42.5 Å². The predicted octanol–water partition coefficient (Wildman–Crippen LogP) is 4.25. The molecule has 3 rings (SSSR count). The van der Waals surface area contributed by atoms with Crippen molar-refractivity contribution in [2.45, 2.75) is 0 Å². The van der Waals surface area contributed by atoms with Crippen LogP contribution in [0, 0.1) is 5.82 Å². The van der Waals surface area contributed by atoms with Gasteiger partial charge in [-0.2, -0.15) is 0 Å². The van der Waals surface area contributed by atoms with Crippen molar-refractivity contribution in [3.63, 3.8) is 0 Å². The average molecular weight is 265 g/mol. The number of rotatable bonds is 2. The van der Waals surface area contributed by atoms with Crippen molar-refractivity contribution in [2.24, 2.45) is 0 Å². The lowest BCUT2D eigenvalue weighted by Crippen LogP contribution is -1.84. The highest BCUT2D eigenvalue weighted by Gasteiger charge is 2.01. The maximum absolute atomic E-state index is 13.5. The maximum atomic E-state index is 13.5. The van der Waals surface area contributed by atoms with Gasteiger partial charge in [0.25, 0.3) is 0 Å². The van der Waals surface area contributed by atoms with Gasteiger partial charge in [0, 0.05) is 10.9 Å². The van der Waals surface area contributed by atoms with E-state index in [0.29, 0.717) is 16.8 Å². The molecule has 2 nitrogen and oxygen atoms in total. The Bertz CT molecular complexity index is 796. The molecule has 1 aromatic heterocycles. The zero-order valence-electron chi connectivity index (χ0n) is 10.6. The smallest absolute Gasteiger partial charge is 0.141 e. The monoisotopic (exact) mass is 265 g/mol. The number of hydrogen-bond acceptors (Lipinski definition) is 2. The number of aromatic hydroxyl groups is 1. The number of nitrogens with zero attached hydrogens (tertiary/aromatic N) is 1. The number of aromatic nitrogens is 1. The van der Waals surface area contributed by atoms with Crippen LogP contribution in [-0.2, 0) is 0 Å². The summed E-state index contributed by atoms with van der Waals surface area (Å²) in [6.07, 6.45) is 3.40. The summed E-state index contributed by atoms with van der Waals surface area (Å²) in [7, 11) is 0. The summed E-state index contributed by atoms with van der Waals surface area (Å²) in [5.41, 5.74) is 1.72. The van der Waals surface area contributed by atoms with Gasteiger partial charge in [-0.25, -0.2) is 9.37 Å². The topological polar surface area (TPSA) is 33.1 Å². The fourth-order valence-electron chi connectivity index (χ4n) is 2.02. The molecule has 0 aliphatic rings. The van der Waals surface area contributed by atoms with Crippen LogP contribution in [-0.4, -0.2) is 10.1 Å². The van der Waals surface area contributed by atoms with Gasteiger partial charge in [-0.15, -0.1) is 0 Å². The third-order valence-corrected chi connectivity index (χ3v) is 3.06. The Morgan fingerprint density at radius 1 is 0.900 bits per heavy atom. The van der Waals surface area contributed by atoms with E-state index in [1.807, 2.05) is 18.2 Å². The Kier molecular flexibility index (Phi) is 3.17. The quantitative estimate of drug-likeness (QED) is 0.751. The zero-order valence-corrected chi connectivity index (χ0v) is 10.6. The van der Waals surface area contributed by atoms with Crippen LogP contribution in [0.2, 0.25) is 0 Å². The molecule has 0 spiro atoms. The molecule has 2 aromatic carbocycles. The molecule has 3 aromatic rings. The van der Waals surface area contributed by atoms with Gasteiger partial charge in [-0.05, 0) is 30.4 Å². The van der Waals surface area contributed by atoms with Crippen LogP contribution in [0.4, 0.5) is 4.39 Å².